The summed E-state index contributed by atoms with van der Waals surface area (Å²) >= 11 is 0. The number of carbonyl (C=O) groups excluding carboxylic acids is 1. The molecule has 0 radical (unpaired) electrons. The molecule has 5 heteroatoms. The van der Waals surface area contributed by atoms with Crippen LogP contribution in [0.15, 0.2) is 0 Å². The summed E-state index contributed by atoms with van der Waals surface area (Å²) in [6.07, 6.45) is 1.66. The van der Waals surface area contributed by atoms with Crippen LogP contribution in [0.2, 0.25) is 0 Å². The fourth-order valence-corrected chi connectivity index (χ4v) is 2.19. The average Bonchev–Trinajstić information content (AvgIpc) is 2.13. The third-order valence-corrected chi connectivity index (χ3v) is 3.38. The van der Waals surface area contributed by atoms with E-state index in [-0.39, 0.29) is 23.8 Å². The number of carbonyl (C=O) groups is 2. The van der Waals surface area contributed by atoms with Gasteiger partial charge in [-0.25, -0.2) is 0 Å². The third kappa shape index (κ3) is 2.72. The van der Waals surface area contributed by atoms with Gasteiger partial charge in [-0.05, 0) is 19.9 Å². The predicted octanol–water partition coefficient (Wildman–Crippen LogP) is 0.164. The summed E-state index contributed by atoms with van der Waals surface area (Å²) in [5.74, 6) is -1.10. The summed E-state index contributed by atoms with van der Waals surface area (Å²) in [6.45, 7) is 2.46. The highest BCUT2D eigenvalue weighted by atomic mass is 16.4. The van der Waals surface area contributed by atoms with E-state index in [0.717, 1.165) is 12.8 Å². The number of carboxylic acid groups (broad SMARTS) is 1. The van der Waals surface area contributed by atoms with E-state index in [9.17, 15) is 9.59 Å². The molecule has 3 atom stereocenters. The van der Waals surface area contributed by atoms with Gasteiger partial charge in [0.2, 0.25) is 5.91 Å². The Morgan fingerprint density at radius 3 is 2.50 bits per heavy atom. The van der Waals surface area contributed by atoms with Crippen molar-refractivity contribution in [3.8, 4) is 0 Å². The first-order valence-corrected chi connectivity index (χ1v) is 5.62. The molecule has 2 N–H and O–H groups in total. The summed E-state index contributed by atoms with van der Waals surface area (Å²) in [6, 6.07) is 0.0876. The van der Waals surface area contributed by atoms with Gasteiger partial charge in [0.1, 0.15) is 0 Å². The molecule has 0 heterocycles. The molecule has 0 saturated heterocycles. The van der Waals surface area contributed by atoms with E-state index in [1.807, 2.05) is 18.9 Å². The van der Waals surface area contributed by atoms with Gasteiger partial charge in [-0.15, -0.1) is 0 Å². The summed E-state index contributed by atoms with van der Waals surface area (Å²) in [7, 11) is 3.50. The highest BCUT2D eigenvalue weighted by Crippen LogP contribution is 2.31. The lowest BCUT2D eigenvalue weighted by atomic mass is 9.78. The summed E-state index contributed by atoms with van der Waals surface area (Å²) in [4.78, 5) is 24.2. The number of rotatable bonds is 5. The number of carboxylic acids is 1. The summed E-state index contributed by atoms with van der Waals surface area (Å²) in [5, 5.41) is 11.5. The Labute approximate surface area is 95.8 Å². The quantitative estimate of drug-likeness (QED) is 0.703. The lowest BCUT2D eigenvalue weighted by molar-refractivity contribution is -0.148. The van der Waals surface area contributed by atoms with Gasteiger partial charge in [0.15, 0.2) is 0 Å². The fourth-order valence-electron chi connectivity index (χ4n) is 2.19. The lowest BCUT2D eigenvalue weighted by Gasteiger charge is -2.41. The Hall–Kier alpha value is -1.10. The number of nitrogens with zero attached hydrogens (tertiary/aromatic N) is 1. The molecule has 1 aliphatic carbocycles. The minimum atomic E-state index is -0.726. The van der Waals surface area contributed by atoms with Crippen LogP contribution in [0, 0.1) is 11.8 Å². The largest absolute Gasteiger partial charge is 0.481 e. The second-order valence-electron chi connectivity index (χ2n) is 4.54. The molecular formula is C11H20N2O3. The first-order valence-electron chi connectivity index (χ1n) is 5.62. The van der Waals surface area contributed by atoms with Gasteiger partial charge in [0, 0.05) is 25.6 Å². The van der Waals surface area contributed by atoms with Crippen molar-refractivity contribution in [3.05, 3.63) is 0 Å². The molecule has 3 unspecified atom stereocenters. The van der Waals surface area contributed by atoms with E-state index in [1.54, 1.807) is 7.05 Å². The number of hydrogen-bond donors (Lipinski definition) is 2. The summed E-state index contributed by atoms with van der Waals surface area (Å²) in [5.41, 5.74) is 0. The van der Waals surface area contributed by atoms with Crippen molar-refractivity contribution < 1.29 is 14.7 Å². The van der Waals surface area contributed by atoms with Crippen molar-refractivity contribution in [1.29, 1.82) is 0 Å². The van der Waals surface area contributed by atoms with Crippen molar-refractivity contribution in [2.45, 2.75) is 25.8 Å². The Kier molecular flexibility index (Phi) is 4.29. The van der Waals surface area contributed by atoms with Crippen molar-refractivity contribution in [1.82, 2.24) is 10.2 Å². The molecule has 5 nitrogen and oxygen atoms in total. The van der Waals surface area contributed by atoms with E-state index in [2.05, 4.69) is 5.32 Å². The van der Waals surface area contributed by atoms with Crippen LogP contribution in [0.3, 0.4) is 0 Å². The van der Waals surface area contributed by atoms with E-state index in [1.165, 1.54) is 0 Å². The second-order valence-corrected chi connectivity index (χ2v) is 4.54. The maximum Gasteiger partial charge on any atom is 0.308 e. The van der Waals surface area contributed by atoms with E-state index < -0.39 is 5.97 Å². The minimum Gasteiger partial charge on any atom is -0.481 e. The number of hydrogen-bond acceptors (Lipinski definition) is 3. The van der Waals surface area contributed by atoms with Gasteiger partial charge in [-0.1, -0.05) is 6.92 Å². The zero-order valence-corrected chi connectivity index (χ0v) is 10.1. The molecule has 0 aromatic carbocycles. The molecule has 0 aromatic heterocycles. The standard InChI is InChI=1S/C11H20N2O3/c1-7(10(14)12-2)6-13(3)9-5-4-8(9)11(15)16/h7-9H,4-6H2,1-3H3,(H,12,14)(H,15,16). The van der Waals surface area contributed by atoms with Crippen LogP contribution in [0.5, 0.6) is 0 Å². The normalized spacial score (nSPS) is 26.0. The molecule has 0 spiro atoms. The predicted molar refractivity (Wildman–Crippen MR) is 60.0 cm³/mol. The van der Waals surface area contributed by atoms with Crippen molar-refractivity contribution in [2.75, 3.05) is 20.6 Å². The van der Waals surface area contributed by atoms with Gasteiger partial charge in [0.25, 0.3) is 0 Å². The lowest BCUT2D eigenvalue weighted by Crippen LogP contribution is -2.50. The fraction of sp³-hybridized carbons (Fsp3) is 0.818. The van der Waals surface area contributed by atoms with Crippen LogP contribution < -0.4 is 5.32 Å². The Morgan fingerprint density at radius 2 is 2.12 bits per heavy atom. The van der Waals surface area contributed by atoms with Gasteiger partial charge < -0.3 is 15.3 Å². The van der Waals surface area contributed by atoms with Crippen LogP contribution in [0.1, 0.15) is 19.8 Å². The Bertz CT molecular complexity index is 280. The molecule has 1 rings (SSSR count). The van der Waals surface area contributed by atoms with Crippen molar-refractivity contribution in [3.63, 3.8) is 0 Å². The van der Waals surface area contributed by atoms with E-state index in [0.29, 0.717) is 6.54 Å². The van der Waals surface area contributed by atoms with Crippen molar-refractivity contribution >= 4 is 11.9 Å². The molecule has 1 aliphatic rings. The zero-order chi connectivity index (χ0) is 12.3. The SMILES string of the molecule is CNC(=O)C(C)CN(C)C1CCC1C(=O)O. The van der Waals surface area contributed by atoms with Crippen LogP contribution in [0.25, 0.3) is 0 Å². The molecule has 1 amide bonds. The molecule has 1 fully saturated rings. The molecule has 92 valence electrons. The Morgan fingerprint density at radius 1 is 1.50 bits per heavy atom. The number of nitrogens with one attached hydrogen (secondary N) is 1. The maximum absolute atomic E-state index is 11.3. The zero-order valence-electron chi connectivity index (χ0n) is 10.1. The van der Waals surface area contributed by atoms with Gasteiger partial charge in [-0.3, -0.25) is 9.59 Å². The minimum absolute atomic E-state index is 0.00181. The maximum atomic E-state index is 11.3. The van der Waals surface area contributed by atoms with Crippen LogP contribution in [-0.2, 0) is 9.59 Å². The molecular weight excluding hydrogens is 208 g/mol. The van der Waals surface area contributed by atoms with Crippen LogP contribution in [-0.4, -0.2) is 48.6 Å². The monoisotopic (exact) mass is 228 g/mol. The molecule has 1 saturated carbocycles. The van der Waals surface area contributed by atoms with Crippen LogP contribution >= 0.6 is 0 Å². The average molecular weight is 228 g/mol. The van der Waals surface area contributed by atoms with Crippen LogP contribution in [0.4, 0.5) is 0 Å². The van der Waals surface area contributed by atoms with E-state index in [4.69, 9.17) is 5.11 Å². The first kappa shape index (κ1) is 13.0. The van der Waals surface area contributed by atoms with Gasteiger partial charge in [-0.2, -0.15) is 0 Å². The van der Waals surface area contributed by atoms with Gasteiger partial charge in [0.05, 0.1) is 5.92 Å². The third-order valence-electron chi connectivity index (χ3n) is 3.38. The highest BCUT2D eigenvalue weighted by molar-refractivity contribution is 5.78. The smallest absolute Gasteiger partial charge is 0.308 e. The molecule has 0 bridgehead atoms. The molecule has 0 aliphatic heterocycles. The van der Waals surface area contributed by atoms with E-state index >= 15 is 0 Å². The summed E-state index contributed by atoms with van der Waals surface area (Å²) < 4.78 is 0. The van der Waals surface area contributed by atoms with Gasteiger partial charge >= 0.3 is 5.97 Å². The van der Waals surface area contributed by atoms with Crippen molar-refractivity contribution in [2.24, 2.45) is 11.8 Å². The first-order chi connectivity index (χ1) is 7.47. The number of amides is 1. The topological polar surface area (TPSA) is 69.6 Å². The Balaban J connectivity index is 2.43. The second kappa shape index (κ2) is 5.30. The molecule has 16 heavy (non-hydrogen) atoms. The highest BCUT2D eigenvalue weighted by Gasteiger charge is 2.39. The molecule has 0 aromatic rings. The number of aliphatic carboxylic acids is 1.